The van der Waals surface area contributed by atoms with Crippen molar-refractivity contribution in [1.29, 1.82) is 0 Å². The zero-order chi connectivity index (χ0) is 23.3. The van der Waals surface area contributed by atoms with Gasteiger partial charge in [-0.2, -0.15) is 23.4 Å². The lowest BCUT2D eigenvalue weighted by molar-refractivity contribution is -0.141. The Labute approximate surface area is 185 Å². The van der Waals surface area contributed by atoms with Crippen LogP contribution in [-0.2, 0) is 6.18 Å². The van der Waals surface area contributed by atoms with Gasteiger partial charge in [0, 0.05) is 6.04 Å². The van der Waals surface area contributed by atoms with Gasteiger partial charge in [-0.1, -0.05) is 6.07 Å². The molecule has 1 aliphatic carbocycles. The first-order valence-electron chi connectivity index (χ1n) is 10.3. The fourth-order valence-electron chi connectivity index (χ4n) is 4.73. The van der Waals surface area contributed by atoms with Gasteiger partial charge in [0.1, 0.15) is 11.8 Å². The highest BCUT2D eigenvalue weighted by Gasteiger charge is 2.53. The molecule has 4 unspecified atom stereocenters. The molecule has 3 aromatic rings. The summed E-state index contributed by atoms with van der Waals surface area (Å²) in [5.41, 5.74) is -1.05. The summed E-state index contributed by atoms with van der Waals surface area (Å²) >= 11 is 0. The van der Waals surface area contributed by atoms with Crippen LogP contribution in [0, 0.1) is 11.7 Å². The number of carbonyl (C=O) groups excluding carboxylic acids is 1. The molecule has 0 spiro atoms. The maximum absolute atomic E-state index is 14.6. The highest BCUT2D eigenvalue weighted by molar-refractivity contribution is 5.98. The first-order valence-corrected chi connectivity index (χ1v) is 10.3. The maximum atomic E-state index is 14.6. The number of hydrogen-bond acceptors (Lipinski definition) is 6. The van der Waals surface area contributed by atoms with E-state index in [9.17, 15) is 22.4 Å². The van der Waals surface area contributed by atoms with Gasteiger partial charge in [0.05, 0.1) is 36.4 Å². The van der Waals surface area contributed by atoms with E-state index in [1.807, 2.05) is 6.92 Å². The monoisotopic (exact) mass is 462 g/mol. The molecule has 2 bridgehead atoms. The molecular weight excluding hydrogens is 444 g/mol. The van der Waals surface area contributed by atoms with Crippen molar-refractivity contribution >= 4 is 5.91 Å². The van der Waals surface area contributed by atoms with Gasteiger partial charge in [0.25, 0.3) is 5.91 Å². The van der Waals surface area contributed by atoms with Gasteiger partial charge in [-0.05, 0) is 37.8 Å². The predicted molar refractivity (Wildman–Crippen MR) is 105 cm³/mol. The van der Waals surface area contributed by atoms with E-state index in [4.69, 9.17) is 4.74 Å². The standard InChI is InChI=1S/C21H18F4N6O2/c1-11-12-7-15(16(8-12)33-18-10-26-17(9-27-18)21(23,24)25)30(11)20(32)13-3-2-4-14(22)19(13)31-28-5-6-29-31/h2-6,9-12,15-16H,7-8H2,1H3. The van der Waals surface area contributed by atoms with Crippen molar-refractivity contribution in [3.63, 3.8) is 0 Å². The highest BCUT2D eigenvalue weighted by atomic mass is 19.4. The number of likely N-dealkylation sites (tertiary alicyclic amines) is 1. The SMILES string of the molecule is CC1C2CC(Oc3cnc(C(F)(F)F)cn3)C(C2)N1C(=O)c1cccc(F)c1-n1nccn1. The van der Waals surface area contributed by atoms with Crippen molar-refractivity contribution in [3.8, 4) is 11.6 Å². The molecule has 8 nitrogen and oxygen atoms in total. The van der Waals surface area contributed by atoms with E-state index in [0.717, 1.165) is 11.0 Å². The summed E-state index contributed by atoms with van der Waals surface area (Å²) < 4.78 is 58.7. The number of ether oxygens (including phenoxy) is 1. The average molecular weight is 462 g/mol. The molecular formula is C21H18F4N6O2. The second-order valence-corrected chi connectivity index (χ2v) is 8.10. The molecule has 172 valence electrons. The van der Waals surface area contributed by atoms with Crippen LogP contribution in [0.4, 0.5) is 17.6 Å². The van der Waals surface area contributed by atoms with Crippen molar-refractivity contribution in [3.05, 3.63) is 60.1 Å². The summed E-state index contributed by atoms with van der Waals surface area (Å²) in [6, 6.07) is 3.72. The Bertz CT molecular complexity index is 1170. The molecule has 0 radical (unpaired) electrons. The lowest BCUT2D eigenvalue weighted by Gasteiger charge is -2.37. The molecule has 1 aromatic carbocycles. The average Bonchev–Trinajstić information content (AvgIpc) is 3.50. The molecule has 4 atom stereocenters. The quantitative estimate of drug-likeness (QED) is 0.554. The third-order valence-corrected chi connectivity index (χ3v) is 6.25. The molecule has 0 N–H and O–H groups in total. The Morgan fingerprint density at radius 3 is 2.52 bits per heavy atom. The number of benzene rings is 1. The fraction of sp³-hybridized carbons (Fsp3) is 0.381. The van der Waals surface area contributed by atoms with Crippen LogP contribution in [-0.4, -0.2) is 54.0 Å². The smallest absolute Gasteiger partial charge is 0.434 e. The van der Waals surface area contributed by atoms with E-state index < -0.39 is 29.7 Å². The number of alkyl halides is 3. The number of rotatable bonds is 4. The number of amides is 1. The van der Waals surface area contributed by atoms with E-state index >= 15 is 0 Å². The minimum Gasteiger partial charge on any atom is -0.471 e. The van der Waals surface area contributed by atoms with Crippen LogP contribution in [0.2, 0.25) is 0 Å². The molecule has 2 aliphatic rings. The highest BCUT2D eigenvalue weighted by Crippen LogP contribution is 2.45. The molecule has 2 fully saturated rings. The first kappa shape index (κ1) is 21.3. The molecule has 1 saturated carbocycles. The van der Waals surface area contributed by atoms with Crippen LogP contribution in [0.1, 0.15) is 35.8 Å². The minimum absolute atomic E-state index is 0.0476. The Balaban J connectivity index is 1.40. The van der Waals surface area contributed by atoms with Gasteiger partial charge in [-0.3, -0.25) is 4.79 Å². The Hall–Kier alpha value is -3.57. The fourth-order valence-corrected chi connectivity index (χ4v) is 4.73. The lowest BCUT2D eigenvalue weighted by atomic mass is 9.98. The number of halogens is 4. The largest absolute Gasteiger partial charge is 0.471 e. The molecule has 1 amide bonds. The van der Waals surface area contributed by atoms with Gasteiger partial charge >= 0.3 is 6.18 Å². The van der Waals surface area contributed by atoms with E-state index in [2.05, 4.69) is 20.2 Å². The second kappa shape index (κ2) is 7.78. The number of hydrogen-bond donors (Lipinski definition) is 0. The number of nitrogens with zero attached hydrogens (tertiary/aromatic N) is 6. The molecule has 2 aromatic heterocycles. The van der Waals surface area contributed by atoms with E-state index in [1.165, 1.54) is 30.6 Å². The Morgan fingerprint density at radius 2 is 1.88 bits per heavy atom. The third-order valence-electron chi connectivity index (χ3n) is 6.25. The summed E-state index contributed by atoms with van der Waals surface area (Å²) in [6.07, 6.45) is 0.532. The molecule has 33 heavy (non-hydrogen) atoms. The van der Waals surface area contributed by atoms with Gasteiger partial charge in [-0.15, -0.1) is 4.80 Å². The van der Waals surface area contributed by atoms with Crippen LogP contribution in [0.15, 0.2) is 43.0 Å². The van der Waals surface area contributed by atoms with Gasteiger partial charge in [0.15, 0.2) is 11.5 Å². The topological polar surface area (TPSA) is 86.0 Å². The molecule has 5 rings (SSSR count). The van der Waals surface area contributed by atoms with Crippen molar-refractivity contribution in [1.82, 2.24) is 29.9 Å². The number of aromatic nitrogens is 5. The molecule has 3 heterocycles. The first-order chi connectivity index (χ1) is 15.7. The third kappa shape index (κ3) is 3.68. The molecule has 1 aliphatic heterocycles. The number of piperidine rings is 1. The van der Waals surface area contributed by atoms with E-state index in [1.54, 1.807) is 4.90 Å². The Morgan fingerprint density at radius 1 is 1.12 bits per heavy atom. The second-order valence-electron chi connectivity index (χ2n) is 8.10. The van der Waals surface area contributed by atoms with Gasteiger partial charge in [-0.25, -0.2) is 14.4 Å². The van der Waals surface area contributed by atoms with Crippen LogP contribution in [0.25, 0.3) is 5.69 Å². The van der Waals surface area contributed by atoms with Crippen molar-refractivity contribution in [2.45, 2.75) is 44.1 Å². The van der Waals surface area contributed by atoms with Crippen molar-refractivity contribution < 1.29 is 27.1 Å². The van der Waals surface area contributed by atoms with Gasteiger partial charge < -0.3 is 9.64 Å². The Kier molecular flexibility index (Phi) is 5.02. The number of para-hydroxylation sites is 1. The summed E-state index contributed by atoms with van der Waals surface area (Å²) in [4.78, 5) is 23.4. The van der Waals surface area contributed by atoms with E-state index in [0.29, 0.717) is 19.0 Å². The predicted octanol–water partition coefficient (Wildman–Crippen LogP) is 3.29. The summed E-state index contributed by atoms with van der Waals surface area (Å²) in [6.45, 7) is 1.92. The van der Waals surface area contributed by atoms with Gasteiger partial charge in [0.2, 0.25) is 5.88 Å². The molecule has 12 heteroatoms. The van der Waals surface area contributed by atoms with Crippen molar-refractivity contribution in [2.75, 3.05) is 0 Å². The minimum atomic E-state index is -4.59. The molecule has 1 saturated heterocycles. The zero-order valence-electron chi connectivity index (χ0n) is 17.3. The maximum Gasteiger partial charge on any atom is 0.434 e. The van der Waals surface area contributed by atoms with Crippen LogP contribution < -0.4 is 4.74 Å². The summed E-state index contributed by atoms with van der Waals surface area (Å²) in [7, 11) is 0. The number of fused-ring (bicyclic) bond motifs is 2. The van der Waals surface area contributed by atoms with E-state index in [-0.39, 0.29) is 35.1 Å². The summed E-state index contributed by atoms with van der Waals surface area (Å²) in [5, 5.41) is 7.91. The number of carbonyl (C=O) groups is 1. The normalized spacial score (nSPS) is 24.3. The summed E-state index contributed by atoms with van der Waals surface area (Å²) in [5.74, 6) is -0.950. The van der Waals surface area contributed by atoms with Crippen LogP contribution in [0.5, 0.6) is 5.88 Å². The van der Waals surface area contributed by atoms with Crippen LogP contribution >= 0.6 is 0 Å². The lowest BCUT2D eigenvalue weighted by Crippen LogP contribution is -2.51. The van der Waals surface area contributed by atoms with Crippen LogP contribution in [0.3, 0.4) is 0 Å². The zero-order valence-corrected chi connectivity index (χ0v) is 17.3. The van der Waals surface area contributed by atoms with Crippen molar-refractivity contribution in [2.24, 2.45) is 5.92 Å².